The van der Waals surface area contributed by atoms with E-state index in [2.05, 4.69) is 15.8 Å². The molecule has 2 aromatic carbocycles. The lowest BCUT2D eigenvalue weighted by atomic mass is 9.78. The number of aromatic hydroxyl groups is 3. The van der Waals surface area contributed by atoms with Gasteiger partial charge in [-0.05, 0) is 32.1 Å². The summed E-state index contributed by atoms with van der Waals surface area (Å²) in [6, 6.07) is 0. The van der Waals surface area contributed by atoms with Crippen LogP contribution in [0.2, 0.25) is 0 Å². The number of carbonyl (C=O) groups excluding carboxylic acids is 3. The van der Waals surface area contributed by atoms with Gasteiger partial charge in [-0.15, -0.1) is 0 Å². The van der Waals surface area contributed by atoms with Crippen LogP contribution in [0.1, 0.15) is 70.0 Å². The Balaban J connectivity index is 1.98. The highest BCUT2D eigenvalue weighted by atomic mass is 32.1. The minimum atomic E-state index is -2.08. The van der Waals surface area contributed by atoms with Crippen LogP contribution in [0.4, 0.5) is 5.69 Å². The lowest BCUT2D eigenvalue weighted by Gasteiger charge is -2.38. The van der Waals surface area contributed by atoms with Crippen LogP contribution in [0.3, 0.4) is 0 Å². The normalized spacial score (nSPS) is 30.9. The molecule has 0 aliphatic carbocycles. The van der Waals surface area contributed by atoms with E-state index in [1.165, 1.54) is 47.0 Å². The van der Waals surface area contributed by atoms with Crippen LogP contribution in [-0.4, -0.2) is 91.8 Å². The summed E-state index contributed by atoms with van der Waals surface area (Å²) in [6.45, 7) is 12.3. The van der Waals surface area contributed by atoms with Gasteiger partial charge < -0.3 is 55.5 Å². The van der Waals surface area contributed by atoms with Crippen LogP contribution in [-0.2, 0) is 23.8 Å². The van der Waals surface area contributed by atoms with Crippen molar-refractivity contribution >= 4 is 57.7 Å². The Morgan fingerprint density at radius 1 is 1.02 bits per heavy atom. The number of nitrogens with zero attached hydrogens (tertiary/aromatic N) is 1. The number of benzene rings is 2. The fraction of sp³-hybridized carbons (Fsp3) is 0.462. The molecule has 3 aliphatic rings. The molecule has 1 amide bonds. The van der Waals surface area contributed by atoms with Gasteiger partial charge in [0.2, 0.25) is 0 Å². The number of hydrogen-bond acceptors (Lipinski definition) is 14. The van der Waals surface area contributed by atoms with Crippen molar-refractivity contribution in [1.29, 1.82) is 0 Å². The van der Waals surface area contributed by atoms with Gasteiger partial charge >= 0.3 is 11.8 Å². The molecule has 5 rings (SSSR count). The van der Waals surface area contributed by atoms with Crippen LogP contribution in [0, 0.1) is 30.6 Å². The van der Waals surface area contributed by atoms with E-state index in [0.717, 1.165) is 12.5 Å². The van der Waals surface area contributed by atoms with Gasteiger partial charge in [-0.1, -0.05) is 45.9 Å². The first kappa shape index (κ1) is 43.5. The number of phenols is 3. The van der Waals surface area contributed by atoms with Crippen molar-refractivity contribution in [2.75, 3.05) is 12.4 Å². The third-order valence-corrected chi connectivity index (χ3v) is 10.5. The zero-order valence-corrected chi connectivity index (χ0v) is 33.4. The number of ketones is 1. The minimum absolute atomic E-state index is 0.0122. The second kappa shape index (κ2) is 17.3. The maximum Gasteiger partial charge on any atom is 0.312 e. The van der Waals surface area contributed by atoms with E-state index in [4.69, 9.17) is 36.9 Å². The van der Waals surface area contributed by atoms with Crippen molar-refractivity contribution in [3.8, 4) is 23.0 Å². The zero-order chi connectivity index (χ0) is 42.0. The van der Waals surface area contributed by atoms with E-state index in [9.17, 15) is 39.9 Å². The lowest BCUT2D eigenvalue weighted by molar-refractivity contribution is -0.160. The number of thiocarbonyl (C=S) groups is 1. The number of carbonyl (C=O) groups is 3. The van der Waals surface area contributed by atoms with E-state index in [-0.39, 0.29) is 49.6 Å². The summed E-state index contributed by atoms with van der Waals surface area (Å²) in [5, 5.41) is 63.1. The molecule has 5 bridgehead atoms. The Kier molecular flexibility index (Phi) is 13.4. The largest absolute Gasteiger partial charge is 0.507 e. The number of fused-ring (bicyclic) bond motifs is 14. The number of allylic oxidation sites excluding steroid dienone is 2. The highest BCUT2D eigenvalue weighted by Crippen LogP contribution is 2.55. The van der Waals surface area contributed by atoms with Crippen LogP contribution >= 0.6 is 12.2 Å². The highest BCUT2D eigenvalue weighted by Gasteiger charge is 2.50. The molecule has 9 N–H and O–H groups in total. The van der Waals surface area contributed by atoms with Crippen LogP contribution in [0.15, 0.2) is 41.2 Å². The van der Waals surface area contributed by atoms with E-state index < -0.39 is 88.8 Å². The number of hydrogen-bond donors (Lipinski definition) is 8. The smallest absolute Gasteiger partial charge is 0.312 e. The number of amides is 1. The molecular weight excluding hydrogens is 749 g/mol. The standard InChI is InChI=1S/C39H50N4O12S/c1-16-11-10-12-17(2)37(51)42-28-23(15-41-43-38(40)56)32(48)25-26(33(28)49)31(47)21(6)35-27(25)36(50)39(8,55-35)53-14-13-24(52-9)18(3)34(54-22(7)44)20(5)30(46)19(4)29(16)45/h10-16,18-20,24,29-30,34,45-49H,1-9H3,(H,42,51)(H3,40,43,56)/b11-10-,14-13-,17-12-,41-15-. The summed E-state index contributed by atoms with van der Waals surface area (Å²) in [7, 11) is 1.42. The highest BCUT2D eigenvalue weighted by molar-refractivity contribution is 7.80. The Hall–Kier alpha value is -5.23. The molecule has 0 fully saturated rings. The molecule has 9 atom stereocenters. The molecule has 0 saturated carbocycles. The summed E-state index contributed by atoms with van der Waals surface area (Å²) in [4.78, 5) is 40.1. The van der Waals surface area contributed by atoms with Crippen molar-refractivity contribution < 1.29 is 58.9 Å². The molecule has 0 radical (unpaired) electrons. The molecular formula is C39H50N4O12S. The topological polar surface area (TPSA) is 252 Å². The van der Waals surface area contributed by atoms with Crippen molar-refractivity contribution in [3.05, 3.63) is 52.8 Å². The van der Waals surface area contributed by atoms with Crippen LogP contribution in [0.5, 0.6) is 23.0 Å². The number of phenolic OH excluding ortho intramolecular Hbond substituents is 3. The Bertz CT molecular complexity index is 2030. The maximum absolute atomic E-state index is 14.3. The summed E-state index contributed by atoms with van der Waals surface area (Å²) in [5.41, 5.74) is 7.04. The molecule has 304 valence electrons. The number of aliphatic hydroxyl groups excluding tert-OH is 2. The number of rotatable bonds is 4. The van der Waals surface area contributed by atoms with Crippen molar-refractivity contribution in [2.45, 2.75) is 85.6 Å². The van der Waals surface area contributed by atoms with Gasteiger partial charge in [0.05, 0.1) is 53.0 Å². The lowest BCUT2D eigenvalue weighted by Crippen LogP contribution is -2.46. The van der Waals surface area contributed by atoms with E-state index in [0.29, 0.717) is 0 Å². The number of nitrogens with two attached hydrogens (primary N) is 1. The predicted octanol–water partition coefficient (Wildman–Crippen LogP) is 3.92. The quantitative estimate of drug-likeness (QED) is 0.0545. The molecule has 0 aromatic heterocycles. The third-order valence-electron chi connectivity index (χ3n) is 10.4. The average molecular weight is 799 g/mol. The molecule has 3 aliphatic heterocycles. The van der Waals surface area contributed by atoms with Crippen molar-refractivity contribution in [2.24, 2.45) is 34.5 Å². The monoisotopic (exact) mass is 798 g/mol. The number of anilines is 1. The van der Waals surface area contributed by atoms with Crippen LogP contribution < -0.4 is 21.2 Å². The Morgan fingerprint density at radius 3 is 2.29 bits per heavy atom. The molecule has 2 aromatic rings. The van der Waals surface area contributed by atoms with Crippen molar-refractivity contribution in [1.82, 2.24) is 5.43 Å². The van der Waals surface area contributed by atoms with Gasteiger partial charge in [0, 0.05) is 61.2 Å². The molecule has 16 nitrogen and oxygen atoms in total. The number of esters is 1. The molecule has 0 spiro atoms. The number of hydrazone groups is 1. The van der Waals surface area contributed by atoms with E-state index in [1.54, 1.807) is 39.8 Å². The second-order valence-electron chi connectivity index (χ2n) is 14.4. The number of nitrogens with one attached hydrogen (secondary N) is 2. The summed E-state index contributed by atoms with van der Waals surface area (Å²) >= 11 is 4.81. The van der Waals surface area contributed by atoms with E-state index in [1.807, 2.05) is 0 Å². The maximum atomic E-state index is 14.3. The van der Waals surface area contributed by atoms with Gasteiger partial charge in [0.25, 0.3) is 11.7 Å². The minimum Gasteiger partial charge on any atom is -0.507 e. The zero-order valence-electron chi connectivity index (χ0n) is 32.6. The molecule has 17 heteroatoms. The summed E-state index contributed by atoms with van der Waals surface area (Å²) in [6.07, 6.45) is 4.31. The summed E-state index contributed by atoms with van der Waals surface area (Å²) in [5.74, 6) is -8.89. The van der Waals surface area contributed by atoms with Gasteiger partial charge in [-0.2, -0.15) is 5.10 Å². The first-order chi connectivity index (χ1) is 26.2. The molecule has 3 heterocycles. The number of Topliss-reactive ketones (excluding diaryl/α,β-unsaturated/α-hetero) is 1. The van der Waals surface area contributed by atoms with Gasteiger partial charge in [-0.25, -0.2) is 0 Å². The van der Waals surface area contributed by atoms with E-state index >= 15 is 0 Å². The number of aliphatic hydroxyl groups is 2. The van der Waals surface area contributed by atoms with Gasteiger partial charge in [0.1, 0.15) is 23.4 Å². The SMILES string of the molecule is COC1/C=C\OC2(C)Oc3c(C)c(O)c4c(O)c(c(/C=N\NC(N)=S)c(O)c4c3C2=O)NC(=O)/C(C)=C\C=C/C(C)C(O)C(C)C(O)C(C)C(OC(C)=O)C1C. The first-order valence-corrected chi connectivity index (χ1v) is 18.3. The second-order valence-corrected chi connectivity index (χ2v) is 14.8. The molecule has 0 saturated heterocycles. The Labute approximate surface area is 329 Å². The summed E-state index contributed by atoms with van der Waals surface area (Å²) < 4.78 is 23.4. The average Bonchev–Trinajstić information content (AvgIpc) is 3.41. The number of ether oxygens (including phenoxy) is 4. The molecule has 56 heavy (non-hydrogen) atoms. The van der Waals surface area contributed by atoms with Gasteiger partial charge in [0.15, 0.2) is 10.9 Å². The number of methoxy groups -OCH3 is 1. The third kappa shape index (κ3) is 8.45. The Morgan fingerprint density at radius 2 is 1.68 bits per heavy atom. The van der Waals surface area contributed by atoms with Gasteiger partial charge in [-0.3, -0.25) is 19.8 Å². The predicted molar refractivity (Wildman–Crippen MR) is 211 cm³/mol. The molecule has 9 unspecified atom stereocenters. The fourth-order valence-corrected chi connectivity index (χ4v) is 7.09. The van der Waals surface area contributed by atoms with Crippen molar-refractivity contribution in [3.63, 3.8) is 0 Å². The first-order valence-electron chi connectivity index (χ1n) is 17.8. The fourth-order valence-electron chi connectivity index (χ4n) is 7.03. The van der Waals surface area contributed by atoms with Crippen LogP contribution in [0.25, 0.3) is 10.8 Å².